The van der Waals surface area contributed by atoms with Gasteiger partial charge >= 0.3 is 0 Å². The molecule has 16 heavy (non-hydrogen) atoms. The highest BCUT2D eigenvalue weighted by Crippen LogP contribution is 2.22. The zero-order valence-corrected chi connectivity index (χ0v) is 10.1. The van der Waals surface area contributed by atoms with Crippen LogP contribution in [0.4, 0.5) is 0 Å². The second kappa shape index (κ2) is 4.69. The van der Waals surface area contributed by atoms with Crippen molar-refractivity contribution in [1.82, 2.24) is 14.2 Å². The predicted octanol–water partition coefficient (Wildman–Crippen LogP) is 1.71. The molecule has 3 N–H and O–H groups in total. The molecule has 5 heteroatoms. The van der Waals surface area contributed by atoms with Crippen molar-refractivity contribution in [2.45, 2.75) is 19.9 Å². The molecule has 0 bridgehead atoms. The average molecular weight is 234 g/mol. The first-order valence-electron chi connectivity index (χ1n) is 5.02. The summed E-state index contributed by atoms with van der Waals surface area (Å²) in [5.41, 5.74) is 7.20. The first kappa shape index (κ1) is 11.2. The van der Waals surface area contributed by atoms with E-state index < -0.39 is 0 Å². The van der Waals surface area contributed by atoms with Gasteiger partial charge in [-0.25, -0.2) is 5.43 Å². The lowest BCUT2D eigenvalue weighted by molar-refractivity contribution is 0.624. The van der Waals surface area contributed by atoms with Crippen LogP contribution in [0.3, 0.4) is 0 Å². The Morgan fingerprint density at radius 3 is 2.44 bits per heavy atom. The Balaban J connectivity index is 2.41. The van der Waals surface area contributed by atoms with E-state index in [0.717, 1.165) is 11.3 Å². The number of hydrazine groups is 1. The van der Waals surface area contributed by atoms with Crippen LogP contribution in [0.15, 0.2) is 24.4 Å². The third-order valence-electron chi connectivity index (χ3n) is 2.42. The van der Waals surface area contributed by atoms with Crippen LogP contribution >= 0.6 is 11.7 Å². The topological polar surface area (TPSA) is 63.8 Å². The minimum absolute atomic E-state index is 0.0858. The molecule has 0 spiro atoms. The summed E-state index contributed by atoms with van der Waals surface area (Å²) >= 11 is 1.19. The Bertz CT molecular complexity index is 447. The number of nitrogens with one attached hydrogen (secondary N) is 1. The number of aryl methyl sites for hydroxylation is 2. The van der Waals surface area contributed by atoms with Crippen molar-refractivity contribution in [2.24, 2.45) is 5.84 Å². The van der Waals surface area contributed by atoms with Gasteiger partial charge in [0, 0.05) is 0 Å². The molecule has 0 saturated carbocycles. The van der Waals surface area contributed by atoms with Crippen LogP contribution in [0.2, 0.25) is 0 Å². The Kier molecular flexibility index (Phi) is 3.28. The first-order valence-corrected chi connectivity index (χ1v) is 5.75. The zero-order chi connectivity index (χ0) is 11.5. The van der Waals surface area contributed by atoms with E-state index in [2.05, 4.69) is 46.2 Å². The highest BCUT2D eigenvalue weighted by molar-refractivity contribution is 6.99. The molecular weight excluding hydrogens is 220 g/mol. The summed E-state index contributed by atoms with van der Waals surface area (Å²) in [6, 6.07) is 6.27. The molecule has 0 amide bonds. The number of benzene rings is 1. The summed E-state index contributed by atoms with van der Waals surface area (Å²) in [4.78, 5) is 0. The van der Waals surface area contributed by atoms with Gasteiger partial charge in [0.15, 0.2) is 0 Å². The van der Waals surface area contributed by atoms with E-state index in [0.29, 0.717) is 0 Å². The van der Waals surface area contributed by atoms with Crippen LogP contribution in [0.1, 0.15) is 28.4 Å². The zero-order valence-electron chi connectivity index (χ0n) is 9.27. The second-order valence-electron chi connectivity index (χ2n) is 3.85. The summed E-state index contributed by atoms with van der Waals surface area (Å²) in [6.07, 6.45) is 1.74. The summed E-state index contributed by atoms with van der Waals surface area (Å²) in [5.74, 6) is 5.58. The van der Waals surface area contributed by atoms with Crippen molar-refractivity contribution in [3.05, 3.63) is 46.8 Å². The van der Waals surface area contributed by atoms with Crippen molar-refractivity contribution in [1.29, 1.82) is 0 Å². The fourth-order valence-electron chi connectivity index (χ4n) is 1.83. The molecule has 0 radical (unpaired) electrons. The quantitative estimate of drug-likeness (QED) is 0.627. The van der Waals surface area contributed by atoms with E-state index in [9.17, 15) is 0 Å². The van der Waals surface area contributed by atoms with E-state index in [1.54, 1.807) is 6.20 Å². The normalized spacial score (nSPS) is 12.7. The lowest BCUT2D eigenvalue weighted by atomic mass is 10.00. The predicted molar refractivity (Wildman–Crippen MR) is 65.0 cm³/mol. The van der Waals surface area contributed by atoms with E-state index in [4.69, 9.17) is 5.84 Å². The van der Waals surface area contributed by atoms with Gasteiger partial charge in [-0.1, -0.05) is 29.3 Å². The van der Waals surface area contributed by atoms with Crippen molar-refractivity contribution >= 4 is 11.7 Å². The number of aromatic nitrogens is 2. The van der Waals surface area contributed by atoms with Crippen LogP contribution in [-0.2, 0) is 0 Å². The minimum Gasteiger partial charge on any atom is -0.271 e. The standard InChI is InChI=1S/C11H14N4S/c1-7-3-8(2)5-9(4-7)11(14-12)10-6-13-16-15-10/h3-6,11,14H,12H2,1-2H3. The molecule has 0 aliphatic heterocycles. The Labute approximate surface area is 98.8 Å². The Hall–Kier alpha value is -1.30. The third kappa shape index (κ3) is 2.27. The van der Waals surface area contributed by atoms with Crippen LogP contribution in [0.25, 0.3) is 0 Å². The molecule has 1 aromatic heterocycles. The van der Waals surface area contributed by atoms with E-state index in [1.165, 1.54) is 22.9 Å². The molecule has 2 aromatic rings. The highest BCUT2D eigenvalue weighted by Gasteiger charge is 2.15. The van der Waals surface area contributed by atoms with E-state index in [-0.39, 0.29) is 6.04 Å². The molecule has 0 fully saturated rings. The molecular formula is C11H14N4S. The summed E-state index contributed by atoms with van der Waals surface area (Å²) in [7, 11) is 0. The van der Waals surface area contributed by atoms with Crippen molar-refractivity contribution in [3.63, 3.8) is 0 Å². The molecule has 1 aromatic carbocycles. The van der Waals surface area contributed by atoms with Gasteiger partial charge in [0.1, 0.15) is 0 Å². The van der Waals surface area contributed by atoms with Gasteiger partial charge in [-0.15, -0.1) is 0 Å². The molecule has 0 aliphatic carbocycles. The lowest BCUT2D eigenvalue weighted by Gasteiger charge is -2.14. The number of rotatable bonds is 3. The maximum absolute atomic E-state index is 5.58. The SMILES string of the molecule is Cc1cc(C)cc(C(NN)c2cnsn2)c1. The molecule has 2 rings (SSSR count). The van der Waals surface area contributed by atoms with E-state index in [1.807, 2.05) is 0 Å². The third-order valence-corrected chi connectivity index (χ3v) is 2.91. The fraction of sp³-hybridized carbons (Fsp3) is 0.273. The molecule has 1 heterocycles. The van der Waals surface area contributed by atoms with Gasteiger partial charge in [-0.3, -0.25) is 5.84 Å². The van der Waals surface area contributed by atoms with Crippen LogP contribution in [-0.4, -0.2) is 8.75 Å². The molecule has 1 unspecified atom stereocenters. The Morgan fingerprint density at radius 1 is 1.25 bits per heavy atom. The number of hydrogen-bond acceptors (Lipinski definition) is 5. The fourth-order valence-corrected chi connectivity index (χ4v) is 2.28. The largest absolute Gasteiger partial charge is 0.271 e. The maximum atomic E-state index is 5.58. The number of hydrogen-bond donors (Lipinski definition) is 2. The molecule has 84 valence electrons. The van der Waals surface area contributed by atoms with Crippen LogP contribution < -0.4 is 11.3 Å². The van der Waals surface area contributed by atoms with Crippen LogP contribution in [0.5, 0.6) is 0 Å². The minimum atomic E-state index is -0.0858. The van der Waals surface area contributed by atoms with Crippen molar-refractivity contribution in [2.75, 3.05) is 0 Å². The second-order valence-corrected chi connectivity index (χ2v) is 4.41. The molecule has 1 atom stereocenters. The van der Waals surface area contributed by atoms with Gasteiger partial charge in [-0.05, 0) is 19.4 Å². The molecule has 0 saturated heterocycles. The first-order chi connectivity index (χ1) is 7.70. The maximum Gasteiger partial charge on any atom is 0.0970 e. The van der Waals surface area contributed by atoms with Crippen molar-refractivity contribution < 1.29 is 0 Å². The Morgan fingerprint density at radius 2 is 1.94 bits per heavy atom. The summed E-state index contributed by atoms with van der Waals surface area (Å²) in [6.45, 7) is 4.15. The van der Waals surface area contributed by atoms with Gasteiger partial charge in [0.2, 0.25) is 0 Å². The monoisotopic (exact) mass is 234 g/mol. The van der Waals surface area contributed by atoms with Gasteiger partial charge < -0.3 is 0 Å². The van der Waals surface area contributed by atoms with Gasteiger partial charge in [0.25, 0.3) is 0 Å². The summed E-state index contributed by atoms with van der Waals surface area (Å²) in [5, 5.41) is 0. The molecule has 0 aliphatic rings. The smallest absolute Gasteiger partial charge is 0.0970 e. The molecule has 4 nitrogen and oxygen atoms in total. The lowest BCUT2D eigenvalue weighted by Crippen LogP contribution is -2.29. The average Bonchev–Trinajstić information content (AvgIpc) is 2.70. The van der Waals surface area contributed by atoms with Gasteiger partial charge in [-0.2, -0.15) is 8.75 Å². The number of nitrogens with zero attached hydrogens (tertiary/aromatic N) is 2. The van der Waals surface area contributed by atoms with Crippen molar-refractivity contribution in [3.8, 4) is 0 Å². The number of nitrogens with two attached hydrogens (primary N) is 1. The van der Waals surface area contributed by atoms with E-state index >= 15 is 0 Å². The highest BCUT2D eigenvalue weighted by atomic mass is 32.1. The van der Waals surface area contributed by atoms with Gasteiger partial charge in [0.05, 0.1) is 29.7 Å². The van der Waals surface area contributed by atoms with Crippen LogP contribution in [0, 0.1) is 13.8 Å². The summed E-state index contributed by atoms with van der Waals surface area (Å²) < 4.78 is 8.21.